The minimum Gasteiger partial charge on any atom is -0.380 e. The van der Waals surface area contributed by atoms with Gasteiger partial charge in [0.05, 0.1) is 26.2 Å². The molecule has 3 atom stereocenters. The zero-order valence-electron chi connectivity index (χ0n) is 15.8. The van der Waals surface area contributed by atoms with Crippen molar-refractivity contribution in [2.24, 2.45) is 5.92 Å². The van der Waals surface area contributed by atoms with Crippen LogP contribution < -0.4 is 0 Å². The lowest BCUT2D eigenvalue weighted by Gasteiger charge is -2.45. The van der Waals surface area contributed by atoms with Crippen LogP contribution in [0, 0.1) is 19.8 Å². The SMILES string of the molecule is Cc1cc(C(O)(CC2C[C@H]3CC[C@@H](C2)[N+]3(C)C)c2csc(C)c2)cs1. The fourth-order valence-corrected chi connectivity index (χ4v) is 6.84. The number of rotatable bonds is 4. The quantitative estimate of drug-likeness (QED) is 0.739. The zero-order chi connectivity index (χ0) is 17.8. The van der Waals surface area contributed by atoms with Crippen molar-refractivity contribution in [3.05, 3.63) is 43.8 Å². The summed E-state index contributed by atoms with van der Waals surface area (Å²) in [5.41, 5.74) is 1.37. The molecule has 0 amide bonds. The van der Waals surface area contributed by atoms with E-state index in [1.54, 1.807) is 22.7 Å². The molecule has 4 heterocycles. The van der Waals surface area contributed by atoms with Crippen molar-refractivity contribution in [2.45, 2.75) is 63.6 Å². The number of fused-ring (bicyclic) bond motifs is 2. The van der Waals surface area contributed by atoms with Crippen molar-refractivity contribution < 1.29 is 9.59 Å². The van der Waals surface area contributed by atoms with Gasteiger partial charge in [-0.2, -0.15) is 0 Å². The third-order valence-corrected chi connectivity index (χ3v) is 8.65. The third kappa shape index (κ3) is 3.01. The van der Waals surface area contributed by atoms with E-state index in [2.05, 4.69) is 50.8 Å². The molecule has 2 aliphatic rings. The van der Waals surface area contributed by atoms with E-state index in [0.29, 0.717) is 5.92 Å². The molecule has 0 saturated carbocycles. The Balaban J connectivity index is 1.64. The lowest BCUT2D eigenvalue weighted by atomic mass is 9.76. The lowest BCUT2D eigenvalue weighted by Crippen LogP contribution is -2.55. The normalized spacial score (nSPS) is 28.4. The first-order valence-electron chi connectivity index (χ1n) is 9.46. The molecule has 2 fully saturated rings. The Labute approximate surface area is 159 Å². The van der Waals surface area contributed by atoms with Crippen molar-refractivity contribution >= 4 is 22.7 Å². The standard InChI is InChI=1S/C21H30NOS2/c1-14-7-17(12-24-14)21(23,18-8-15(2)25-13-18)11-16-9-19-5-6-20(10-16)22(19,3)4/h7-8,12-13,16,19-20,23H,5-6,9-11H2,1-4H3/q+1/t16?,19-,20+. The molecule has 4 rings (SSSR count). The van der Waals surface area contributed by atoms with Gasteiger partial charge in [0.15, 0.2) is 0 Å². The fraction of sp³-hybridized carbons (Fsp3) is 0.619. The maximum Gasteiger partial charge on any atom is 0.116 e. The Kier molecular flexibility index (Phi) is 4.39. The maximum absolute atomic E-state index is 11.9. The van der Waals surface area contributed by atoms with Crippen molar-refractivity contribution in [3.63, 3.8) is 0 Å². The molecular weight excluding hydrogens is 346 g/mol. The molecule has 2 aromatic heterocycles. The summed E-state index contributed by atoms with van der Waals surface area (Å²) in [5, 5.41) is 16.2. The number of thiophene rings is 2. The Morgan fingerprint density at radius 3 is 1.88 bits per heavy atom. The maximum atomic E-state index is 11.9. The van der Waals surface area contributed by atoms with E-state index in [1.807, 2.05) is 0 Å². The Morgan fingerprint density at radius 1 is 1.00 bits per heavy atom. The Hall–Kier alpha value is -0.680. The Bertz CT molecular complexity index is 703. The van der Waals surface area contributed by atoms with E-state index in [9.17, 15) is 5.11 Å². The van der Waals surface area contributed by atoms with Gasteiger partial charge in [-0.25, -0.2) is 0 Å². The topological polar surface area (TPSA) is 20.2 Å². The summed E-state index contributed by atoms with van der Waals surface area (Å²) >= 11 is 3.50. The van der Waals surface area contributed by atoms with E-state index in [1.165, 1.54) is 39.9 Å². The molecule has 2 aliphatic heterocycles. The van der Waals surface area contributed by atoms with Crippen LogP contribution in [0.2, 0.25) is 0 Å². The monoisotopic (exact) mass is 376 g/mol. The van der Waals surface area contributed by atoms with Gasteiger partial charge in [0, 0.05) is 35.4 Å². The van der Waals surface area contributed by atoms with Gasteiger partial charge in [0.1, 0.15) is 5.60 Å². The van der Waals surface area contributed by atoms with E-state index in [-0.39, 0.29) is 0 Å². The summed E-state index contributed by atoms with van der Waals surface area (Å²) in [7, 11) is 4.82. The Morgan fingerprint density at radius 2 is 1.48 bits per heavy atom. The molecule has 0 aliphatic carbocycles. The summed E-state index contributed by atoms with van der Waals surface area (Å²) < 4.78 is 1.20. The second-order valence-electron chi connectivity index (χ2n) is 8.81. The number of quaternary nitrogens is 1. The molecule has 2 bridgehead atoms. The van der Waals surface area contributed by atoms with E-state index in [4.69, 9.17) is 0 Å². The van der Waals surface area contributed by atoms with Gasteiger partial charge in [-0.05, 0) is 60.2 Å². The first-order chi connectivity index (χ1) is 11.8. The smallest absolute Gasteiger partial charge is 0.116 e. The van der Waals surface area contributed by atoms with Crippen molar-refractivity contribution in [2.75, 3.05) is 14.1 Å². The molecule has 0 radical (unpaired) electrons. The third-order valence-electron chi connectivity index (χ3n) is 6.93. The highest BCUT2D eigenvalue weighted by atomic mass is 32.1. The summed E-state index contributed by atoms with van der Waals surface area (Å²) in [6, 6.07) is 5.94. The average molecular weight is 377 g/mol. The highest BCUT2D eigenvalue weighted by Crippen LogP contribution is 2.48. The average Bonchev–Trinajstić information content (AvgIpc) is 3.18. The van der Waals surface area contributed by atoms with Crippen LogP contribution in [0.1, 0.15) is 53.0 Å². The summed E-state index contributed by atoms with van der Waals surface area (Å²) in [5.74, 6) is 0.620. The molecule has 1 unspecified atom stereocenters. The second kappa shape index (κ2) is 6.19. The van der Waals surface area contributed by atoms with Gasteiger partial charge in [-0.3, -0.25) is 0 Å². The molecule has 25 heavy (non-hydrogen) atoms. The summed E-state index contributed by atoms with van der Waals surface area (Å²) in [4.78, 5) is 2.56. The van der Waals surface area contributed by atoms with Crippen LogP contribution in [-0.2, 0) is 5.60 Å². The number of aryl methyl sites for hydroxylation is 2. The van der Waals surface area contributed by atoms with E-state index in [0.717, 1.165) is 29.6 Å². The molecule has 2 aromatic rings. The van der Waals surface area contributed by atoms with E-state index >= 15 is 0 Å². The summed E-state index contributed by atoms with van der Waals surface area (Å²) in [6.07, 6.45) is 6.12. The molecular formula is C21H30NOS2+. The van der Waals surface area contributed by atoms with Gasteiger partial charge in [-0.1, -0.05) is 0 Å². The molecule has 0 spiro atoms. The first kappa shape index (κ1) is 17.7. The number of hydrogen-bond donors (Lipinski definition) is 1. The molecule has 136 valence electrons. The largest absolute Gasteiger partial charge is 0.380 e. The van der Waals surface area contributed by atoms with Gasteiger partial charge in [-0.15, -0.1) is 22.7 Å². The predicted octanol–water partition coefficient (Wildman–Crippen LogP) is 5.07. The van der Waals surface area contributed by atoms with Crippen LogP contribution in [0.4, 0.5) is 0 Å². The minimum atomic E-state index is -0.825. The van der Waals surface area contributed by atoms with Crippen LogP contribution in [-0.4, -0.2) is 35.8 Å². The first-order valence-corrected chi connectivity index (χ1v) is 11.2. The van der Waals surface area contributed by atoms with Crippen LogP contribution in [0.3, 0.4) is 0 Å². The molecule has 2 nitrogen and oxygen atoms in total. The second-order valence-corrected chi connectivity index (χ2v) is 11.0. The van der Waals surface area contributed by atoms with E-state index < -0.39 is 5.60 Å². The number of aliphatic hydroxyl groups is 1. The van der Waals surface area contributed by atoms with Gasteiger partial charge in [0.2, 0.25) is 0 Å². The molecule has 4 heteroatoms. The van der Waals surface area contributed by atoms with Gasteiger partial charge in [0.25, 0.3) is 0 Å². The molecule has 0 aromatic carbocycles. The predicted molar refractivity (Wildman–Crippen MR) is 107 cm³/mol. The molecule has 2 saturated heterocycles. The number of piperidine rings is 1. The number of nitrogens with zero attached hydrogens (tertiary/aromatic N) is 1. The van der Waals surface area contributed by atoms with Crippen molar-refractivity contribution in [1.82, 2.24) is 0 Å². The lowest BCUT2D eigenvalue weighted by molar-refractivity contribution is -0.931. The minimum absolute atomic E-state index is 0.620. The zero-order valence-corrected chi connectivity index (χ0v) is 17.4. The van der Waals surface area contributed by atoms with Crippen LogP contribution in [0.25, 0.3) is 0 Å². The van der Waals surface area contributed by atoms with Crippen LogP contribution >= 0.6 is 22.7 Å². The number of hydrogen-bond acceptors (Lipinski definition) is 3. The van der Waals surface area contributed by atoms with Gasteiger partial charge >= 0.3 is 0 Å². The summed E-state index contributed by atoms with van der Waals surface area (Å²) in [6.45, 7) is 4.27. The fourth-order valence-electron chi connectivity index (χ4n) is 5.30. The van der Waals surface area contributed by atoms with Crippen LogP contribution in [0.15, 0.2) is 22.9 Å². The van der Waals surface area contributed by atoms with Crippen molar-refractivity contribution in [1.29, 1.82) is 0 Å². The highest BCUT2D eigenvalue weighted by Gasteiger charge is 2.50. The van der Waals surface area contributed by atoms with Crippen LogP contribution in [0.5, 0.6) is 0 Å². The molecule has 1 N–H and O–H groups in total. The highest BCUT2D eigenvalue weighted by molar-refractivity contribution is 7.10. The van der Waals surface area contributed by atoms with Gasteiger partial charge < -0.3 is 9.59 Å². The van der Waals surface area contributed by atoms with Crippen molar-refractivity contribution in [3.8, 4) is 0 Å².